The van der Waals surface area contributed by atoms with Gasteiger partial charge in [-0.2, -0.15) is 0 Å². The Hall–Kier alpha value is -0.530. The largest absolute Gasteiger partial charge is 0.481 e. The molecule has 0 saturated heterocycles. The molecule has 0 aromatic heterocycles. The monoisotopic (exact) mass is 131 g/mol. The molecule has 0 heterocycles. The molecule has 0 amide bonds. The van der Waals surface area contributed by atoms with Crippen molar-refractivity contribution in [3.05, 3.63) is 0 Å². The molecule has 1 atom stereocenters. The molecule has 0 aliphatic carbocycles. The van der Waals surface area contributed by atoms with Crippen LogP contribution >= 0.6 is 0 Å². The van der Waals surface area contributed by atoms with E-state index >= 15 is 0 Å². The Labute approximate surface area is 57.3 Å². The van der Waals surface area contributed by atoms with Crippen LogP contribution < -0.4 is 0 Å². The SMILES string of the molecule is [2H]C(CCCCC)C(=O)O. The van der Waals surface area contributed by atoms with Crippen molar-refractivity contribution in [3.63, 3.8) is 0 Å². The number of aliphatic carboxylic acids is 1. The first kappa shape index (κ1) is 6.59. The molecule has 0 spiro atoms. The van der Waals surface area contributed by atoms with Crippen LogP contribution in [0.25, 0.3) is 0 Å². The van der Waals surface area contributed by atoms with E-state index < -0.39 is 12.4 Å². The molecule has 0 aliphatic rings. The van der Waals surface area contributed by atoms with E-state index in [9.17, 15) is 4.79 Å². The highest BCUT2D eigenvalue weighted by molar-refractivity contribution is 5.66. The lowest BCUT2D eigenvalue weighted by Gasteiger charge is -1.92. The van der Waals surface area contributed by atoms with E-state index in [1.165, 1.54) is 0 Å². The Morgan fingerprint density at radius 3 is 2.67 bits per heavy atom. The van der Waals surface area contributed by atoms with E-state index in [1.807, 2.05) is 0 Å². The predicted octanol–water partition coefficient (Wildman–Crippen LogP) is 2.04. The lowest BCUT2D eigenvalue weighted by molar-refractivity contribution is -0.137. The van der Waals surface area contributed by atoms with Crippen molar-refractivity contribution < 1.29 is 11.3 Å². The van der Waals surface area contributed by atoms with Gasteiger partial charge in [0.1, 0.15) is 0 Å². The first-order valence-electron chi connectivity index (χ1n) is 3.91. The van der Waals surface area contributed by atoms with Crippen LogP contribution in [0.1, 0.15) is 40.4 Å². The summed E-state index contributed by atoms with van der Waals surface area (Å²) in [4.78, 5) is 10.1. The average molecular weight is 131 g/mol. The summed E-state index contributed by atoms with van der Waals surface area (Å²) < 4.78 is 7.01. The van der Waals surface area contributed by atoms with Crippen LogP contribution in [0.4, 0.5) is 0 Å². The van der Waals surface area contributed by atoms with E-state index in [0.717, 1.165) is 19.3 Å². The highest BCUT2D eigenvalue weighted by Crippen LogP contribution is 2.01. The number of carbonyl (C=O) groups is 1. The number of hydrogen-bond acceptors (Lipinski definition) is 1. The molecular formula is C7H14O2. The highest BCUT2D eigenvalue weighted by Gasteiger charge is 1.93. The molecule has 2 heteroatoms. The fraction of sp³-hybridized carbons (Fsp3) is 0.857. The maximum atomic E-state index is 10.1. The van der Waals surface area contributed by atoms with Gasteiger partial charge in [0.15, 0.2) is 0 Å². The minimum absolute atomic E-state index is 0.489. The van der Waals surface area contributed by atoms with Gasteiger partial charge in [-0.3, -0.25) is 4.79 Å². The minimum Gasteiger partial charge on any atom is -0.481 e. The van der Waals surface area contributed by atoms with E-state index in [1.54, 1.807) is 0 Å². The normalized spacial score (nSPS) is 14.6. The van der Waals surface area contributed by atoms with Gasteiger partial charge in [0.25, 0.3) is 0 Å². The molecule has 0 aromatic carbocycles. The number of unbranched alkanes of at least 4 members (excludes halogenated alkanes) is 2. The quantitative estimate of drug-likeness (QED) is 0.580. The molecule has 0 aromatic rings. The molecule has 0 aliphatic heterocycles. The van der Waals surface area contributed by atoms with Gasteiger partial charge < -0.3 is 5.11 Å². The fourth-order valence-electron chi connectivity index (χ4n) is 0.620. The zero-order valence-electron chi connectivity index (χ0n) is 6.76. The summed E-state index contributed by atoms with van der Waals surface area (Å²) in [5.41, 5.74) is 0. The summed E-state index contributed by atoms with van der Waals surface area (Å²) >= 11 is 0. The Morgan fingerprint density at radius 2 is 2.22 bits per heavy atom. The second kappa shape index (κ2) is 5.60. The highest BCUT2D eigenvalue weighted by atomic mass is 16.4. The molecule has 0 radical (unpaired) electrons. The van der Waals surface area contributed by atoms with Crippen molar-refractivity contribution >= 4 is 5.97 Å². The molecule has 0 bridgehead atoms. The number of rotatable bonds is 5. The fourth-order valence-corrected chi connectivity index (χ4v) is 0.620. The van der Waals surface area contributed by atoms with Gasteiger partial charge in [-0.1, -0.05) is 26.2 Å². The van der Waals surface area contributed by atoms with Gasteiger partial charge in [-0.15, -0.1) is 0 Å². The van der Waals surface area contributed by atoms with Crippen molar-refractivity contribution in [3.8, 4) is 0 Å². The Kier molecular flexibility index (Phi) is 4.10. The summed E-state index contributed by atoms with van der Waals surface area (Å²) in [7, 11) is 0. The van der Waals surface area contributed by atoms with Crippen molar-refractivity contribution in [2.75, 3.05) is 0 Å². The van der Waals surface area contributed by atoms with Crippen molar-refractivity contribution in [1.29, 1.82) is 0 Å². The zero-order chi connectivity index (χ0) is 7.98. The lowest BCUT2D eigenvalue weighted by Crippen LogP contribution is -1.92. The van der Waals surface area contributed by atoms with Crippen LogP contribution in [-0.4, -0.2) is 11.1 Å². The first-order valence-corrected chi connectivity index (χ1v) is 3.33. The van der Waals surface area contributed by atoms with E-state index in [-0.39, 0.29) is 0 Å². The Morgan fingerprint density at radius 1 is 1.56 bits per heavy atom. The summed E-state index contributed by atoms with van der Waals surface area (Å²) in [5, 5.41) is 8.29. The van der Waals surface area contributed by atoms with Gasteiger partial charge in [0.05, 0.1) is 0 Å². The number of carboxylic acids is 1. The Bertz CT molecular complexity index is 104. The van der Waals surface area contributed by atoms with E-state index in [2.05, 4.69) is 6.92 Å². The molecule has 54 valence electrons. The standard InChI is InChI=1S/C7H14O2/c1-2-3-4-5-6-7(8)9/h2-6H2,1H3,(H,8,9)/i6D. The lowest BCUT2D eigenvalue weighted by atomic mass is 10.2. The second-order valence-corrected chi connectivity index (χ2v) is 2.04. The van der Waals surface area contributed by atoms with Crippen LogP contribution in [0.2, 0.25) is 0 Å². The summed E-state index contributed by atoms with van der Waals surface area (Å²) in [5.74, 6) is -1.00. The first-order chi connectivity index (χ1) is 4.68. The maximum absolute atomic E-state index is 10.1. The summed E-state index contributed by atoms with van der Waals surface area (Å²) in [6.07, 6.45) is 2.54. The zero-order valence-corrected chi connectivity index (χ0v) is 5.76. The topological polar surface area (TPSA) is 37.3 Å². The van der Waals surface area contributed by atoms with Gasteiger partial charge in [0.2, 0.25) is 0 Å². The van der Waals surface area contributed by atoms with Crippen molar-refractivity contribution in [2.24, 2.45) is 0 Å². The van der Waals surface area contributed by atoms with Crippen LogP contribution in [0, 0.1) is 0 Å². The summed E-state index contributed by atoms with van der Waals surface area (Å²) in [6, 6.07) is 0. The minimum atomic E-state index is -1.00. The third-order valence-electron chi connectivity index (χ3n) is 1.13. The van der Waals surface area contributed by atoms with Gasteiger partial charge >= 0.3 is 5.97 Å². The molecule has 9 heavy (non-hydrogen) atoms. The maximum Gasteiger partial charge on any atom is 0.303 e. The molecule has 2 nitrogen and oxygen atoms in total. The van der Waals surface area contributed by atoms with E-state index in [4.69, 9.17) is 6.48 Å². The third-order valence-corrected chi connectivity index (χ3v) is 1.13. The Balaban J connectivity index is 3.21. The molecule has 1 N–H and O–H groups in total. The molecule has 0 saturated carbocycles. The van der Waals surface area contributed by atoms with Crippen molar-refractivity contribution in [2.45, 2.75) is 39.0 Å². The van der Waals surface area contributed by atoms with Crippen LogP contribution in [0.5, 0.6) is 0 Å². The van der Waals surface area contributed by atoms with Crippen LogP contribution in [0.3, 0.4) is 0 Å². The smallest absolute Gasteiger partial charge is 0.303 e. The molecule has 1 unspecified atom stereocenters. The third kappa shape index (κ3) is 7.47. The summed E-state index contributed by atoms with van der Waals surface area (Å²) in [6.45, 7) is 2.06. The van der Waals surface area contributed by atoms with Crippen LogP contribution in [-0.2, 0) is 4.79 Å². The molecule has 0 fully saturated rings. The number of carboxylic acid groups (broad SMARTS) is 1. The van der Waals surface area contributed by atoms with Gasteiger partial charge in [-0.05, 0) is 6.42 Å². The van der Waals surface area contributed by atoms with Gasteiger partial charge in [-0.25, -0.2) is 0 Å². The van der Waals surface area contributed by atoms with E-state index in [0.29, 0.717) is 6.42 Å². The molecular weight excluding hydrogens is 116 g/mol. The average Bonchev–Trinajstić information content (AvgIpc) is 1.88. The predicted molar refractivity (Wildman–Crippen MR) is 36.4 cm³/mol. The number of hydrogen-bond donors (Lipinski definition) is 1. The second-order valence-electron chi connectivity index (χ2n) is 2.04. The van der Waals surface area contributed by atoms with Crippen molar-refractivity contribution in [1.82, 2.24) is 0 Å². The van der Waals surface area contributed by atoms with Crippen LogP contribution in [0.15, 0.2) is 0 Å². The van der Waals surface area contributed by atoms with Gasteiger partial charge in [0, 0.05) is 7.77 Å². The molecule has 0 rings (SSSR count).